The van der Waals surface area contributed by atoms with E-state index in [1.807, 2.05) is 18.2 Å². The first-order valence-electron chi connectivity index (χ1n) is 9.25. The predicted octanol–water partition coefficient (Wildman–Crippen LogP) is -0.211. The quantitative estimate of drug-likeness (QED) is 0.431. The van der Waals surface area contributed by atoms with Crippen LogP contribution in [0.25, 0.3) is 0 Å². The lowest BCUT2D eigenvalue weighted by molar-refractivity contribution is -0.150. The summed E-state index contributed by atoms with van der Waals surface area (Å²) < 4.78 is 1.03. The molecule has 32 heavy (non-hydrogen) atoms. The summed E-state index contributed by atoms with van der Waals surface area (Å²) in [5, 5.41) is 31.7. The molecule has 0 aliphatic carbocycles. The molecule has 2 atom stereocenters. The van der Waals surface area contributed by atoms with E-state index in [0.29, 0.717) is 4.91 Å². The summed E-state index contributed by atoms with van der Waals surface area (Å²) >= 11 is 2.19. The average Bonchev–Trinajstić information content (AvgIpc) is 3.18. The van der Waals surface area contributed by atoms with Gasteiger partial charge in [0.25, 0.3) is 5.91 Å². The third-order valence-corrected chi connectivity index (χ3v) is 7.18. The van der Waals surface area contributed by atoms with Crippen molar-refractivity contribution < 1.29 is 29.4 Å². The number of hydrogen-bond donors (Lipinski definition) is 3. The monoisotopic (exact) mass is 476 g/mol. The zero-order valence-electron chi connectivity index (χ0n) is 16.2. The highest BCUT2D eigenvalue weighted by Gasteiger charge is 2.54. The van der Waals surface area contributed by atoms with E-state index in [-0.39, 0.29) is 28.9 Å². The molecule has 1 fully saturated rings. The van der Waals surface area contributed by atoms with Crippen LogP contribution in [0.5, 0.6) is 0 Å². The van der Waals surface area contributed by atoms with Gasteiger partial charge in [-0.1, -0.05) is 30.3 Å². The average molecular weight is 476 g/mol. The fraction of sp³-hybridized carbons (Fsp3) is 0.278. The number of fused-ring (bicyclic) bond motifs is 1. The predicted molar refractivity (Wildman–Crippen MR) is 111 cm³/mol. The number of carbonyl (C=O) groups excluding carboxylic acids is 2. The second-order valence-electron chi connectivity index (χ2n) is 6.81. The van der Waals surface area contributed by atoms with Crippen LogP contribution in [0.4, 0.5) is 0 Å². The van der Waals surface area contributed by atoms with Crippen LogP contribution in [-0.2, 0) is 32.1 Å². The number of tetrazole rings is 1. The summed E-state index contributed by atoms with van der Waals surface area (Å²) in [6.07, 6.45) is 0.108. The third kappa shape index (κ3) is 4.31. The summed E-state index contributed by atoms with van der Waals surface area (Å²) in [5.41, 5.74) is 0.580. The highest BCUT2D eigenvalue weighted by Crippen LogP contribution is 2.44. The molecular weight excluding hydrogens is 460 g/mol. The van der Waals surface area contributed by atoms with Crippen molar-refractivity contribution >= 4 is 47.3 Å². The van der Waals surface area contributed by atoms with Crippen LogP contribution < -0.4 is 5.32 Å². The molecule has 166 valence electrons. The number of aliphatic carboxylic acids is 2. The third-order valence-electron chi connectivity index (χ3n) is 4.66. The summed E-state index contributed by atoms with van der Waals surface area (Å²) in [4.78, 5) is 49.4. The number of benzene rings is 1. The molecule has 0 spiro atoms. The van der Waals surface area contributed by atoms with Crippen LogP contribution in [0.3, 0.4) is 0 Å². The minimum absolute atomic E-state index is 0.0980. The van der Waals surface area contributed by atoms with Gasteiger partial charge < -0.3 is 15.5 Å². The van der Waals surface area contributed by atoms with E-state index >= 15 is 0 Å². The lowest BCUT2D eigenvalue weighted by atomic mass is 10.0. The Kier molecular flexibility index (Phi) is 6.14. The van der Waals surface area contributed by atoms with Crippen LogP contribution >= 0.6 is 23.5 Å². The number of hydrogen-bond acceptors (Lipinski definition) is 9. The number of nitrogens with zero attached hydrogens (tertiary/aromatic N) is 5. The van der Waals surface area contributed by atoms with Gasteiger partial charge in [0.1, 0.15) is 23.7 Å². The zero-order chi connectivity index (χ0) is 22.8. The molecule has 1 aromatic heterocycles. The maximum absolute atomic E-state index is 12.7. The van der Waals surface area contributed by atoms with Gasteiger partial charge in [-0.3, -0.25) is 19.3 Å². The van der Waals surface area contributed by atoms with Gasteiger partial charge in [0, 0.05) is 10.7 Å². The van der Waals surface area contributed by atoms with Gasteiger partial charge >= 0.3 is 11.9 Å². The summed E-state index contributed by atoms with van der Waals surface area (Å²) in [6.45, 7) is -0.487. The number of carboxylic acids is 2. The molecule has 3 N–H and O–H groups in total. The van der Waals surface area contributed by atoms with Crippen molar-refractivity contribution in [3.63, 3.8) is 0 Å². The molecule has 3 heterocycles. The molecule has 0 bridgehead atoms. The lowest BCUT2D eigenvalue weighted by Crippen LogP contribution is -2.70. The Labute approximate surface area is 189 Å². The first-order valence-corrected chi connectivity index (χ1v) is 11.1. The van der Waals surface area contributed by atoms with Gasteiger partial charge in [0.15, 0.2) is 0 Å². The zero-order valence-corrected chi connectivity index (χ0v) is 17.9. The fourth-order valence-corrected chi connectivity index (χ4v) is 5.70. The highest BCUT2D eigenvalue weighted by molar-refractivity contribution is 8.06. The number of thioether (sulfide) groups is 2. The lowest BCUT2D eigenvalue weighted by Gasteiger charge is -2.49. The van der Waals surface area contributed by atoms with Crippen LogP contribution in [0.2, 0.25) is 0 Å². The van der Waals surface area contributed by atoms with Gasteiger partial charge in [-0.15, -0.1) is 16.9 Å². The molecule has 2 aromatic rings. The topological polar surface area (TPSA) is 168 Å². The van der Waals surface area contributed by atoms with Gasteiger partial charge in [-0.2, -0.15) is 0 Å². The number of carbonyl (C=O) groups is 4. The summed E-state index contributed by atoms with van der Waals surface area (Å²) in [7, 11) is 0. The minimum atomic E-state index is -1.31. The molecule has 1 saturated heterocycles. The first kappa shape index (κ1) is 21.8. The highest BCUT2D eigenvalue weighted by atomic mass is 32.2. The van der Waals surface area contributed by atoms with E-state index < -0.39 is 35.8 Å². The molecule has 14 heteroatoms. The number of aromatic nitrogens is 4. The molecule has 12 nitrogen and oxygen atoms in total. The van der Waals surface area contributed by atoms with Gasteiger partial charge in [-0.05, 0) is 27.8 Å². The molecule has 0 unspecified atom stereocenters. The molecule has 2 amide bonds. The Bertz CT molecular complexity index is 1120. The Morgan fingerprint density at radius 2 is 1.97 bits per heavy atom. The minimum Gasteiger partial charge on any atom is -0.480 e. The number of carboxylic acid groups (broad SMARTS) is 2. The molecule has 0 radical (unpaired) electrons. The molecular formula is C18H16N6O6S2. The van der Waals surface area contributed by atoms with Crippen LogP contribution in [0, 0.1) is 0 Å². The fourth-order valence-electron chi connectivity index (χ4n) is 3.28. The van der Waals surface area contributed by atoms with Crippen molar-refractivity contribution in [3.05, 3.63) is 46.5 Å². The van der Waals surface area contributed by atoms with Gasteiger partial charge in [-0.25, -0.2) is 9.48 Å². The number of rotatable bonds is 8. The second kappa shape index (κ2) is 9.00. The molecule has 4 rings (SSSR count). The van der Waals surface area contributed by atoms with Crippen molar-refractivity contribution in [2.45, 2.75) is 29.5 Å². The van der Waals surface area contributed by atoms with Crippen molar-refractivity contribution in [1.29, 1.82) is 0 Å². The SMILES string of the molecule is O=C(O)Cn1nnnc1SC1=C(C(=O)O)N2C(=O)[C@@H](NC(=O)Cc3ccccc3)[C@H]2SC1. The van der Waals surface area contributed by atoms with Crippen LogP contribution in [0.15, 0.2) is 46.1 Å². The first-order chi connectivity index (χ1) is 15.3. The number of β-lactam (4-membered cyclic amide) rings is 1. The number of amides is 2. The molecule has 1 aromatic carbocycles. The Morgan fingerprint density at radius 1 is 1.22 bits per heavy atom. The Hall–Kier alpha value is -3.39. The van der Waals surface area contributed by atoms with Crippen LogP contribution in [-0.4, -0.2) is 76.2 Å². The molecule has 0 saturated carbocycles. The van der Waals surface area contributed by atoms with E-state index in [1.165, 1.54) is 11.8 Å². The van der Waals surface area contributed by atoms with Gasteiger partial charge in [0.2, 0.25) is 11.1 Å². The van der Waals surface area contributed by atoms with E-state index in [9.17, 15) is 24.3 Å². The van der Waals surface area contributed by atoms with Crippen molar-refractivity contribution in [3.8, 4) is 0 Å². The van der Waals surface area contributed by atoms with Crippen molar-refractivity contribution in [1.82, 2.24) is 30.4 Å². The largest absolute Gasteiger partial charge is 0.480 e. The van der Waals surface area contributed by atoms with E-state index in [2.05, 4.69) is 20.8 Å². The van der Waals surface area contributed by atoms with Gasteiger partial charge in [0.05, 0.1) is 6.42 Å². The van der Waals surface area contributed by atoms with Crippen molar-refractivity contribution in [2.75, 3.05) is 5.75 Å². The number of nitrogens with one attached hydrogen (secondary N) is 1. The summed E-state index contributed by atoms with van der Waals surface area (Å²) in [6, 6.07) is 8.24. The van der Waals surface area contributed by atoms with Crippen molar-refractivity contribution in [2.24, 2.45) is 0 Å². The van der Waals surface area contributed by atoms with E-state index in [0.717, 1.165) is 26.9 Å². The van der Waals surface area contributed by atoms with E-state index in [4.69, 9.17) is 5.11 Å². The summed E-state index contributed by atoms with van der Waals surface area (Å²) in [5.74, 6) is -3.09. The molecule has 2 aliphatic rings. The van der Waals surface area contributed by atoms with E-state index in [1.54, 1.807) is 12.1 Å². The maximum atomic E-state index is 12.7. The van der Waals surface area contributed by atoms with Crippen LogP contribution in [0.1, 0.15) is 5.56 Å². The normalized spacial score (nSPS) is 19.9. The maximum Gasteiger partial charge on any atom is 0.353 e. The molecule has 2 aliphatic heterocycles. The smallest absolute Gasteiger partial charge is 0.353 e. The Morgan fingerprint density at radius 3 is 2.66 bits per heavy atom. The standard InChI is InChI=1S/C18H16N6O6S2/c25-11(6-9-4-2-1-3-5-9)19-13-15(28)24-14(17(29)30)10(8-31-16(13)24)32-18-20-21-22-23(18)7-12(26)27/h1-5,13,16H,6-8H2,(H,19,25)(H,26,27)(H,29,30)/t13-,16-/m1/s1. The Balaban J connectivity index is 1.49. The second-order valence-corrected chi connectivity index (χ2v) is 8.98.